The van der Waals surface area contributed by atoms with Gasteiger partial charge in [0.25, 0.3) is 0 Å². The number of aliphatic hydroxyl groups excluding tert-OH is 1. The average Bonchev–Trinajstić information content (AvgIpc) is 3.31. The quantitative estimate of drug-likeness (QED) is 0.175. The van der Waals surface area contributed by atoms with Crippen LogP contribution in [0.25, 0.3) is 0 Å². The number of carbonyl (C=O) groups is 5. The van der Waals surface area contributed by atoms with E-state index in [4.69, 9.17) is 5.73 Å². The van der Waals surface area contributed by atoms with E-state index in [0.29, 0.717) is 18.5 Å². The molecular weight excluding hydrogens is 446 g/mol. The van der Waals surface area contributed by atoms with Crippen LogP contribution < -0.4 is 27.0 Å². The summed E-state index contributed by atoms with van der Waals surface area (Å²) in [6.07, 6.45) is -0.513. The first kappa shape index (κ1) is 26.7. The molecule has 1 heterocycles. The summed E-state index contributed by atoms with van der Waals surface area (Å²) in [6.45, 7) is 1.99. The van der Waals surface area contributed by atoms with Crippen molar-refractivity contribution >= 4 is 29.6 Å². The number of nitrogens with one attached hydrogen (secondary N) is 4. The highest BCUT2D eigenvalue weighted by atomic mass is 16.4. The summed E-state index contributed by atoms with van der Waals surface area (Å²) in [7, 11) is 0. The van der Waals surface area contributed by atoms with Crippen molar-refractivity contribution in [1.29, 1.82) is 0 Å². The van der Waals surface area contributed by atoms with Crippen LogP contribution in [-0.4, -0.2) is 76.6 Å². The summed E-state index contributed by atoms with van der Waals surface area (Å²) in [5.74, 6) is -4.52. The summed E-state index contributed by atoms with van der Waals surface area (Å²) in [4.78, 5) is 60.9. The van der Waals surface area contributed by atoms with Crippen LogP contribution in [0, 0.1) is 0 Å². The van der Waals surface area contributed by atoms with Gasteiger partial charge in [0.2, 0.25) is 23.6 Å². The molecule has 186 valence electrons. The molecule has 0 aliphatic carbocycles. The van der Waals surface area contributed by atoms with Gasteiger partial charge in [-0.05, 0) is 31.9 Å². The summed E-state index contributed by atoms with van der Waals surface area (Å²) in [5, 5.41) is 29.6. The molecule has 34 heavy (non-hydrogen) atoms. The van der Waals surface area contributed by atoms with E-state index in [1.165, 1.54) is 6.92 Å². The number of carboxylic acids is 1. The number of benzene rings is 1. The molecule has 0 radical (unpaired) electrons. The molecule has 2 rings (SSSR count). The van der Waals surface area contributed by atoms with Gasteiger partial charge in [-0.2, -0.15) is 0 Å². The number of primary amides is 1. The zero-order valence-electron chi connectivity index (χ0n) is 18.8. The van der Waals surface area contributed by atoms with Crippen LogP contribution in [0.5, 0.6) is 0 Å². The number of rotatable bonds is 12. The van der Waals surface area contributed by atoms with Crippen LogP contribution in [0.4, 0.5) is 0 Å². The lowest BCUT2D eigenvalue weighted by Crippen LogP contribution is -2.60. The minimum Gasteiger partial charge on any atom is -0.480 e. The van der Waals surface area contributed by atoms with E-state index in [0.717, 1.165) is 6.42 Å². The van der Waals surface area contributed by atoms with Gasteiger partial charge in [-0.3, -0.25) is 19.2 Å². The summed E-state index contributed by atoms with van der Waals surface area (Å²) >= 11 is 0. The second-order valence-corrected chi connectivity index (χ2v) is 8.20. The SMILES string of the molecule is CC(O)C(NC(=O)C1CCCN1)C(=O)NC(Cc1ccccc1)C(=O)NC(CC(N)=O)C(=O)O. The minimum absolute atomic E-state index is 0.00796. The molecule has 0 aromatic heterocycles. The highest BCUT2D eigenvalue weighted by Crippen LogP contribution is 2.08. The van der Waals surface area contributed by atoms with E-state index >= 15 is 0 Å². The zero-order valence-corrected chi connectivity index (χ0v) is 18.8. The Hall–Kier alpha value is -3.51. The summed E-state index contributed by atoms with van der Waals surface area (Å²) in [5.41, 5.74) is 5.73. The van der Waals surface area contributed by atoms with E-state index in [1.54, 1.807) is 30.3 Å². The van der Waals surface area contributed by atoms with Crippen molar-refractivity contribution in [2.24, 2.45) is 5.73 Å². The molecule has 4 amide bonds. The number of hydrogen-bond donors (Lipinski definition) is 7. The number of aliphatic carboxylic acids is 1. The van der Waals surface area contributed by atoms with Crippen molar-refractivity contribution in [2.45, 2.75) is 62.9 Å². The van der Waals surface area contributed by atoms with Gasteiger partial charge < -0.3 is 37.2 Å². The lowest BCUT2D eigenvalue weighted by atomic mass is 10.0. The smallest absolute Gasteiger partial charge is 0.326 e. The molecule has 1 aromatic carbocycles. The Balaban J connectivity index is 2.18. The lowest BCUT2D eigenvalue weighted by molar-refractivity contribution is -0.143. The van der Waals surface area contributed by atoms with Crippen LogP contribution >= 0.6 is 0 Å². The Morgan fingerprint density at radius 2 is 1.71 bits per heavy atom. The fourth-order valence-electron chi connectivity index (χ4n) is 3.56. The fourth-order valence-corrected chi connectivity index (χ4v) is 3.56. The van der Waals surface area contributed by atoms with Crippen molar-refractivity contribution in [2.75, 3.05) is 6.54 Å². The molecular formula is C22H31N5O7. The molecule has 12 nitrogen and oxygen atoms in total. The third kappa shape index (κ3) is 8.12. The standard InChI is InChI=1S/C22H31N5O7/c1-12(28)18(27-19(30)14-8-5-9-24-14)21(32)25-15(10-13-6-3-2-4-7-13)20(31)26-16(22(33)34)11-17(23)29/h2-4,6-7,12,14-16,18,24,28H,5,8-11H2,1H3,(H2,23,29)(H,25,32)(H,26,31)(H,27,30)(H,33,34). The van der Waals surface area contributed by atoms with Gasteiger partial charge in [0, 0.05) is 6.42 Å². The highest BCUT2D eigenvalue weighted by molar-refractivity contribution is 5.95. The van der Waals surface area contributed by atoms with Gasteiger partial charge >= 0.3 is 5.97 Å². The topological polar surface area (TPSA) is 200 Å². The fraction of sp³-hybridized carbons (Fsp3) is 0.500. The molecule has 0 saturated carbocycles. The number of carbonyl (C=O) groups excluding carboxylic acids is 4. The third-order valence-corrected chi connectivity index (χ3v) is 5.37. The Kier molecular flexibility index (Phi) is 9.95. The maximum absolute atomic E-state index is 13.0. The molecule has 12 heteroatoms. The predicted molar refractivity (Wildman–Crippen MR) is 120 cm³/mol. The monoisotopic (exact) mass is 477 g/mol. The Labute approximate surface area is 196 Å². The lowest BCUT2D eigenvalue weighted by Gasteiger charge is -2.26. The van der Waals surface area contributed by atoms with E-state index < -0.39 is 66.3 Å². The van der Waals surface area contributed by atoms with Gasteiger partial charge in [0.15, 0.2) is 0 Å². The van der Waals surface area contributed by atoms with Crippen LogP contribution in [0.2, 0.25) is 0 Å². The van der Waals surface area contributed by atoms with E-state index in [1.807, 2.05) is 0 Å². The molecule has 1 fully saturated rings. The number of nitrogens with two attached hydrogens (primary N) is 1. The van der Waals surface area contributed by atoms with Gasteiger partial charge in [-0.25, -0.2) is 4.79 Å². The molecule has 1 saturated heterocycles. The van der Waals surface area contributed by atoms with Crippen molar-refractivity contribution in [3.05, 3.63) is 35.9 Å². The number of carboxylic acid groups (broad SMARTS) is 1. The molecule has 5 atom stereocenters. The van der Waals surface area contributed by atoms with Crippen LogP contribution in [0.1, 0.15) is 31.7 Å². The normalized spacial score (nSPS) is 18.7. The molecule has 8 N–H and O–H groups in total. The Morgan fingerprint density at radius 1 is 1.06 bits per heavy atom. The maximum atomic E-state index is 13.0. The first-order valence-corrected chi connectivity index (χ1v) is 11.0. The van der Waals surface area contributed by atoms with Crippen molar-refractivity contribution in [3.63, 3.8) is 0 Å². The maximum Gasteiger partial charge on any atom is 0.326 e. The first-order valence-electron chi connectivity index (χ1n) is 11.0. The van der Waals surface area contributed by atoms with E-state index in [2.05, 4.69) is 21.3 Å². The summed E-state index contributed by atoms with van der Waals surface area (Å²) in [6, 6.07) is 3.98. The summed E-state index contributed by atoms with van der Waals surface area (Å²) < 4.78 is 0. The van der Waals surface area contributed by atoms with Crippen molar-refractivity contribution < 1.29 is 34.2 Å². The van der Waals surface area contributed by atoms with Gasteiger partial charge in [-0.1, -0.05) is 30.3 Å². The largest absolute Gasteiger partial charge is 0.480 e. The first-order chi connectivity index (χ1) is 16.1. The van der Waals surface area contributed by atoms with E-state index in [-0.39, 0.29) is 6.42 Å². The zero-order chi connectivity index (χ0) is 25.3. The molecule has 1 aliphatic rings. The van der Waals surface area contributed by atoms with Gasteiger partial charge in [-0.15, -0.1) is 0 Å². The van der Waals surface area contributed by atoms with E-state index in [9.17, 15) is 34.2 Å². The van der Waals surface area contributed by atoms with Crippen LogP contribution in [-0.2, 0) is 30.4 Å². The van der Waals surface area contributed by atoms with Gasteiger partial charge in [0.05, 0.1) is 18.6 Å². The van der Waals surface area contributed by atoms with Gasteiger partial charge in [0.1, 0.15) is 18.1 Å². The Bertz CT molecular complexity index is 887. The minimum atomic E-state index is -1.58. The molecule has 1 aromatic rings. The molecule has 1 aliphatic heterocycles. The van der Waals surface area contributed by atoms with Crippen LogP contribution in [0.15, 0.2) is 30.3 Å². The van der Waals surface area contributed by atoms with Crippen molar-refractivity contribution in [3.8, 4) is 0 Å². The second-order valence-electron chi connectivity index (χ2n) is 8.20. The average molecular weight is 478 g/mol. The third-order valence-electron chi connectivity index (χ3n) is 5.37. The number of hydrogen-bond acceptors (Lipinski definition) is 7. The predicted octanol–water partition coefficient (Wildman–Crippen LogP) is -2.22. The number of amides is 4. The second kappa shape index (κ2) is 12.7. The molecule has 0 bridgehead atoms. The molecule has 0 spiro atoms. The highest BCUT2D eigenvalue weighted by Gasteiger charge is 2.33. The number of aliphatic hydroxyl groups is 1. The Morgan fingerprint density at radius 3 is 2.24 bits per heavy atom. The van der Waals surface area contributed by atoms with Crippen molar-refractivity contribution in [1.82, 2.24) is 21.3 Å². The molecule has 5 unspecified atom stereocenters. The van der Waals surface area contributed by atoms with Crippen LogP contribution in [0.3, 0.4) is 0 Å².